The topological polar surface area (TPSA) is 109 Å². The molecule has 0 saturated carbocycles. The van der Waals surface area contributed by atoms with Gasteiger partial charge in [0, 0.05) is 56.3 Å². The van der Waals surface area contributed by atoms with Crippen molar-refractivity contribution in [1.29, 1.82) is 0 Å². The first-order chi connectivity index (χ1) is 13.0. The fraction of sp³-hybridized carbons (Fsp3) is 0.316. The van der Waals surface area contributed by atoms with Gasteiger partial charge in [-0.3, -0.25) is 9.59 Å². The number of methoxy groups -OCH3 is 1. The number of ether oxygens (including phenoxy) is 2. The Morgan fingerprint density at radius 3 is 2.93 bits per heavy atom. The van der Waals surface area contributed by atoms with Crippen molar-refractivity contribution < 1.29 is 14.3 Å². The van der Waals surface area contributed by atoms with Gasteiger partial charge >= 0.3 is 0 Å². The molecule has 1 amide bonds. The summed E-state index contributed by atoms with van der Waals surface area (Å²) in [7, 11) is 1.62. The van der Waals surface area contributed by atoms with Crippen molar-refractivity contribution in [2.24, 2.45) is 0 Å². The Balaban J connectivity index is 1.84. The molecule has 3 aromatic rings. The number of H-pyrrole nitrogens is 2. The predicted octanol–water partition coefficient (Wildman–Crippen LogP) is 2.14. The first kappa shape index (κ1) is 17.4. The molecule has 3 aromatic heterocycles. The molecule has 8 heteroatoms. The number of fused-ring (bicyclic) bond motifs is 1. The zero-order valence-electron chi connectivity index (χ0n) is 15.1. The van der Waals surface area contributed by atoms with Crippen molar-refractivity contribution in [3.8, 4) is 11.3 Å². The van der Waals surface area contributed by atoms with Crippen LogP contribution in [-0.4, -0.2) is 41.2 Å². The van der Waals surface area contributed by atoms with Gasteiger partial charge in [0.15, 0.2) is 5.43 Å². The van der Waals surface area contributed by atoms with E-state index in [2.05, 4.69) is 20.3 Å². The monoisotopic (exact) mass is 368 g/mol. The first-order valence-corrected chi connectivity index (χ1v) is 8.63. The van der Waals surface area contributed by atoms with Crippen LogP contribution in [-0.2, 0) is 19.9 Å². The summed E-state index contributed by atoms with van der Waals surface area (Å²) in [5, 5.41) is 3.52. The second-order valence-corrected chi connectivity index (χ2v) is 6.64. The van der Waals surface area contributed by atoms with E-state index in [1.54, 1.807) is 31.5 Å². The van der Waals surface area contributed by atoms with Crippen LogP contribution in [0.3, 0.4) is 0 Å². The summed E-state index contributed by atoms with van der Waals surface area (Å²) < 4.78 is 11.2. The molecular formula is C19H20N4O4. The minimum Gasteiger partial charge on any atom is -0.378 e. The van der Waals surface area contributed by atoms with Gasteiger partial charge in [0.25, 0.3) is 0 Å². The van der Waals surface area contributed by atoms with Gasteiger partial charge in [-0.1, -0.05) is 0 Å². The Hall–Kier alpha value is -2.97. The fourth-order valence-corrected chi connectivity index (χ4v) is 3.46. The lowest BCUT2D eigenvalue weighted by molar-refractivity contribution is -0.114. The van der Waals surface area contributed by atoms with Gasteiger partial charge in [-0.2, -0.15) is 0 Å². The summed E-state index contributed by atoms with van der Waals surface area (Å²) >= 11 is 0. The van der Waals surface area contributed by atoms with E-state index in [0.29, 0.717) is 36.8 Å². The molecule has 4 heterocycles. The number of nitrogens with zero attached hydrogens (tertiary/aromatic N) is 1. The zero-order valence-corrected chi connectivity index (χ0v) is 15.1. The maximum Gasteiger partial charge on any atom is 0.222 e. The Morgan fingerprint density at radius 1 is 1.37 bits per heavy atom. The third-order valence-corrected chi connectivity index (χ3v) is 4.87. The van der Waals surface area contributed by atoms with E-state index in [0.717, 1.165) is 16.5 Å². The number of aromatic nitrogens is 3. The lowest BCUT2D eigenvalue weighted by Crippen LogP contribution is -2.31. The summed E-state index contributed by atoms with van der Waals surface area (Å²) in [6, 6.07) is 4.88. The van der Waals surface area contributed by atoms with Gasteiger partial charge < -0.3 is 24.8 Å². The van der Waals surface area contributed by atoms with Crippen LogP contribution in [0.15, 0.2) is 35.4 Å². The number of hydrogen-bond acceptors (Lipinski definition) is 5. The van der Waals surface area contributed by atoms with E-state index in [1.807, 2.05) is 6.20 Å². The van der Waals surface area contributed by atoms with Gasteiger partial charge in [0.2, 0.25) is 5.91 Å². The Kier molecular flexibility index (Phi) is 4.29. The van der Waals surface area contributed by atoms with Gasteiger partial charge in [0.1, 0.15) is 11.4 Å². The zero-order chi connectivity index (χ0) is 19.0. The highest BCUT2D eigenvalue weighted by atomic mass is 16.5. The van der Waals surface area contributed by atoms with E-state index in [1.165, 1.54) is 6.92 Å². The largest absolute Gasteiger partial charge is 0.378 e. The molecular weight excluding hydrogens is 348 g/mol. The van der Waals surface area contributed by atoms with Crippen molar-refractivity contribution in [2.75, 3.05) is 25.6 Å². The van der Waals surface area contributed by atoms with Crippen molar-refractivity contribution in [2.45, 2.75) is 18.9 Å². The van der Waals surface area contributed by atoms with Gasteiger partial charge in [-0.05, 0) is 6.07 Å². The average molecular weight is 368 g/mol. The van der Waals surface area contributed by atoms with Gasteiger partial charge in [0.05, 0.1) is 29.7 Å². The average Bonchev–Trinajstić information content (AvgIpc) is 3.28. The number of aromatic amines is 2. The van der Waals surface area contributed by atoms with Crippen molar-refractivity contribution >= 4 is 22.6 Å². The normalized spacial score (nSPS) is 19.5. The quantitative estimate of drug-likeness (QED) is 0.654. The molecule has 8 nitrogen and oxygen atoms in total. The molecule has 4 rings (SSSR count). The molecule has 1 saturated heterocycles. The van der Waals surface area contributed by atoms with Crippen LogP contribution in [0, 0.1) is 0 Å². The van der Waals surface area contributed by atoms with Gasteiger partial charge in [-0.25, -0.2) is 4.98 Å². The number of carbonyl (C=O) groups is 1. The minimum absolute atomic E-state index is 0.118. The molecule has 1 unspecified atom stereocenters. The number of hydrogen-bond donors (Lipinski definition) is 3. The third kappa shape index (κ3) is 3.13. The molecule has 0 bridgehead atoms. The molecule has 0 aromatic carbocycles. The standard InChI is InChI=1S/C19H20N4O4/c1-11(24)22-18-7-13-14(8-20-16(13)9-21-18)15-5-12(25)6-17(23-15)19(26-2)3-4-27-10-19/h5-9,20H,3-4,10H2,1-2H3,(H,23,25)(H,21,22,24). The van der Waals surface area contributed by atoms with Crippen LogP contribution in [0.1, 0.15) is 19.0 Å². The molecule has 1 atom stereocenters. The number of anilines is 1. The molecule has 0 spiro atoms. The minimum atomic E-state index is -0.649. The van der Waals surface area contributed by atoms with E-state index in [4.69, 9.17) is 9.47 Å². The highest BCUT2D eigenvalue weighted by molar-refractivity contribution is 5.97. The fourth-order valence-electron chi connectivity index (χ4n) is 3.46. The van der Waals surface area contributed by atoms with Crippen LogP contribution in [0.2, 0.25) is 0 Å². The lowest BCUT2D eigenvalue weighted by atomic mass is 9.97. The molecule has 0 radical (unpaired) electrons. The summed E-state index contributed by atoms with van der Waals surface area (Å²) in [5.41, 5.74) is 2.19. The highest BCUT2D eigenvalue weighted by Gasteiger charge is 2.38. The third-order valence-electron chi connectivity index (χ3n) is 4.87. The van der Waals surface area contributed by atoms with Crippen LogP contribution in [0.5, 0.6) is 0 Å². The second kappa shape index (κ2) is 6.64. The van der Waals surface area contributed by atoms with Crippen molar-refractivity contribution in [3.63, 3.8) is 0 Å². The number of carbonyl (C=O) groups excluding carboxylic acids is 1. The predicted molar refractivity (Wildman–Crippen MR) is 101 cm³/mol. The summed E-state index contributed by atoms with van der Waals surface area (Å²) in [4.78, 5) is 34.4. The molecule has 3 N–H and O–H groups in total. The van der Waals surface area contributed by atoms with Crippen LogP contribution in [0.25, 0.3) is 22.2 Å². The van der Waals surface area contributed by atoms with Crippen molar-refractivity contribution in [1.82, 2.24) is 15.0 Å². The smallest absolute Gasteiger partial charge is 0.222 e. The van der Waals surface area contributed by atoms with Crippen LogP contribution >= 0.6 is 0 Å². The summed E-state index contributed by atoms with van der Waals surface area (Å²) in [6.07, 6.45) is 4.13. The second-order valence-electron chi connectivity index (χ2n) is 6.64. The van der Waals surface area contributed by atoms with E-state index < -0.39 is 5.60 Å². The first-order valence-electron chi connectivity index (χ1n) is 8.63. The van der Waals surface area contributed by atoms with E-state index in [-0.39, 0.29) is 11.3 Å². The Labute approximate surface area is 154 Å². The number of amides is 1. The summed E-state index contributed by atoms with van der Waals surface area (Å²) in [6.45, 7) is 2.41. The lowest BCUT2D eigenvalue weighted by Gasteiger charge is -2.26. The molecule has 0 aliphatic carbocycles. The number of rotatable bonds is 4. The molecule has 1 aliphatic heterocycles. The maximum absolute atomic E-state index is 12.4. The molecule has 1 fully saturated rings. The number of pyridine rings is 2. The van der Waals surface area contributed by atoms with E-state index >= 15 is 0 Å². The summed E-state index contributed by atoms with van der Waals surface area (Å²) in [5.74, 6) is 0.254. The molecule has 1 aliphatic rings. The SMILES string of the molecule is COC1(c2cc(=O)cc(-c3c[nH]c4cnc(NC(C)=O)cc34)[nH]2)CCOC1. The van der Waals surface area contributed by atoms with Crippen molar-refractivity contribution in [3.05, 3.63) is 46.5 Å². The highest BCUT2D eigenvalue weighted by Crippen LogP contribution is 2.34. The van der Waals surface area contributed by atoms with E-state index in [9.17, 15) is 9.59 Å². The van der Waals surface area contributed by atoms with Crippen LogP contribution < -0.4 is 10.7 Å². The van der Waals surface area contributed by atoms with Crippen LogP contribution in [0.4, 0.5) is 5.82 Å². The molecule has 140 valence electrons. The Morgan fingerprint density at radius 2 is 2.22 bits per heavy atom. The molecule has 27 heavy (non-hydrogen) atoms. The Bertz CT molecular complexity index is 1060. The number of nitrogens with one attached hydrogen (secondary N) is 3. The van der Waals surface area contributed by atoms with Gasteiger partial charge in [-0.15, -0.1) is 0 Å². The maximum atomic E-state index is 12.4.